The van der Waals surface area contributed by atoms with Crippen LogP contribution in [0.4, 0.5) is 17.3 Å². The van der Waals surface area contributed by atoms with Gasteiger partial charge in [-0.25, -0.2) is 19.6 Å². The summed E-state index contributed by atoms with van der Waals surface area (Å²) in [6.45, 7) is 2.44. The molecule has 1 aliphatic heterocycles. The van der Waals surface area contributed by atoms with E-state index in [-0.39, 0.29) is 6.10 Å². The first kappa shape index (κ1) is 18.3. The molecule has 9 nitrogen and oxygen atoms in total. The van der Waals surface area contributed by atoms with Gasteiger partial charge in [0.15, 0.2) is 0 Å². The van der Waals surface area contributed by atoms with Crippen molar-refractivity contribution in [1.82, 2.24) is 30.0 Å². The fourth-order valence-corrected chi connectivity index (χ4v) is 3.53. The summed E-state index contributed by atoms with van der Waals surface area (Å²) in [7, 11) is 0. The number of nitrogen functional groups attached to an aromatic ring is 1. The third-order valence-electron chi connectivity index (χ3n) is 5.01. The fraction of sp³-hybridized carbons (Fsp3) is 0.238. The molecule has 1 atom stereocenters. The maximum Gasteiger partial charge on any atom is 0.227 e. The van der Waals surface area contributed by atoms with Crippen LogP contribution in [0.2, 0.25) is 0 Å². The van der Waals surface area contributed by atoms with Crippen LogP contribution in [0.5, 0.6) is 5.75 Å². The smallest absolute Gasteiger partial charge is 0.227 e. The highest BCUT2D eigenvalue weighted by molar-refractivity contribution is 5.85. The van der Waals surface area contributed by atoms with E-state index in [1.807, 2.05) is 36.4 Å². The first-order valence-electron chi connectivity index (χ1n) is 9.85. The molecular weight excluding hydrogens is 380 g/mol. The Kier molecular flexibility index (Phi) is 4.86. The van der Waals surface area contributed by atoms with E-state index in [4.69, 9.17) is 10.5 Å². The second kappa shape index (κ2) is 7.96. The second-order valence-corrected chi connectivity index (χ2v) is 7.29. The van der Waals surface area contributed by atoms with E-state index in [2.05, 4.69) is 30.7 Å². The van der Waals surface area contributed by atoms with Crippen LogP contribution in [0.25, 0.3) is 10.9 Å². The van der Waals surface area contributed by atoms with Crippen molar-refractivity contribution in [2.75, 3.05) is 24.1 Å². The SMILES string of the molecule is Nc1cc2cnc(Nc3cccc(Cn4cncn4)c3)nc2cc1OC1CCNC1. The predicted molar refractivity (Wildman–Crippen MR) is 115 cm³/mol. The van der Waals surface area contributed by atoms with E-state index in [9.17, 15) is 0 Å². The molecule has 0 spiro atoms. The van der Waals surface area contributed by atoms with Crippen molar-refractivity contribution in [1.29, 1.82) is 0 Å². The topological polar surface area (TPSA) is 116 Å². The first-order valence-corrected chi connectivity index (χ1v) is 9.85. The minimum atomic E-state index is 0.136. The van der Waals surface area contributed by atoms with E-state index in [0.717, 1.165) is 41.7 Å². The van der Waals surface area contributed by atoms with Crippen LogP contribution in [0.1, 0.15) is 12.0 Å². The Labute approximate surface area is 173 Å². The van der Waals surface area contributed by atoms with Gasteiger partial charge in [-0.2, -0.15) is 5.10 Å². The van der Waals surface area contributed by atoms with E-state index in [1.54, 1.807) is 17.2 Å². The number of aromatic nitrogens is 5. The average Bonchev–Trinajstić information content (AvgIpc) is 3.43. The summed E-state index contributed by atoms with van der Waals surface area (Å²) in [5.74, 6) is 1.18. The van der Waals surface area contributed by atoms with Crippen LogP contribution < -0.4 is 21.1 Å². The van der Waals surface area contributed by atoms with Gasteiger partial charge in [-0.3, -0.25) is 0 Å². The summed E-state index contributed by atoms with van der Waals surface area (Å²) in [6, 6.07) is 11.8. The largest absolute Gasteiger partial charge is 0.487 e. The van der Waals surface area contributed by atoms with Gasteiger partial charge in [-0.15, -0.1) is 0 Å². The molecule has 0 amide bonds. The van der Waals surface area contributed by atoms with E-state index in [1.165, 1.54) is 6.33 Å². The number of nitrogens with one attached hydrogen (secondary N) is 2. The van der Waals surface area contributed by atoms with Gasteiger partial charge in [0.05, 0.1) is 17.7 Å². The average molecular weight is 402 g/mol. The lowest BCUT2D eigenvalue weighted by molar-refractivity contribution is 0.224. The maximum absolute atomic E-state index is 6.17. The van der Waals surface area contributed by atoms with Gasteiger partial charge in [-0.1, -0.05) is 12.1 Å². The van der Waals surface area contributed by atoms with Gasteiger partial charge < -0.3 is 21.1 Å². The molecule has 4 N–H and O–H groups in total. The van der Waals surface area contributed by atoms with Gasteiger partial charge in [-0.05, 0) is 36.7 Å². The zero-order chi connectivity index (χ0) is 20.3. The molecule has 0 radical (unpaired) electrons. The van der Waals surface area contributed by atoms with Crippen LogP contribution in [0.3, 0.4) is 0 Å². The molecule has 1 aliphatic rings. The number of anilines is 3. The van der Waals surface area contributed by atoms with E-state index in [0.29, 0.717) is 23.9 Å². The monoisotopic (exact) mass is 402 g/mol. The van der Waals surface area contributed by atoms with Crippen molar-refractivity contribution in [3.8, 4) is 5.75 Å². The molecule has 0 saturated carbocycles. The first-order chi connectivity index (χ1) is 14.7. The quantitative estimate of drug-likeness (QED) is 0.421. The van der Waals surface area contributed by atoms with Crippen LogP contribution in [-0.2, 0) is 6.54 Å². The van der Waals surface area contributed by atoms with Gasteiger partial charge >= 0.3 is 0 Å². The molecule has 2 aromatic carbocycles. The molecule has 9 heteroatoms. The highest BCUT2D eigenvalue weighted by atomic mass is 16.5. The van der Waals surface area contributed by atoms with E-state index < -0.39 is 0 Å². The summed E-state index contributed by atoms with van der Waals surface area (Å²) in [5.41, 5.74) is 9.54. The molecule has 1 fully saturated rings. The number of hydrogen-bond donors (Lipinski definition) is 3. The van der Waals surface area contributed by atoms with Crippen LogP contribution in [0, 0.1) is 0 Å². The Morgan fingerprint density at radius 2 is 2.23 bits per heavy atom. The third kappa shape index (κ3) is 4.01. The lowest BCUT2D eigenvalue weighted by Crippen LogP contribution is -2.20. The van der Waals surface area contributed by atoms with Gasteiger partial charge in [0.1, 0.15) is 24.5 Å². The predicted octanol–water partition coefficient (Wildman–Crippen LogP) is 2.34. The molecule has 4 aromatic rings. The van der Waals surface area contributed by atoms with Crippen molar-refractivity contribution < 1.29 is 4.74 Å². The Bertz CT molecular complexity index is 1160. The van der Waals surface area contributed by atoms with Crippen LogP contribution >= 0.6 is 0 Å². The summed E-state index contributed by atoms with van der Waals surface area (Å²) < 4.78 is 7.83. The van der Waals surface area contributed by atoms with Crippen molar-refractivity contribution in [2.24, 2.45) is 0 Å². The minimum Gasteiger partial charge on any atom is -0.487 e. The van der Waals surface area contributed by atoms with Crippen molar-refractivity contribution in [3.63, 3.8) is 0 Å². The molecule has 2 aromatic heterocycles. The number of benzene rings is 2. The van der Waals surface area contributed by atoms with Crippen molar-refractivity contribution in [2.45, 2.75) is 19.1 Å². The number of hydrogen-bond acceptors (Lipinski definition) is 8. The van der Waals surface area contributed by atoms with Gasteiger partial charge in [0.2, 0.25) is 5.95 Å². The number of rotatable bonds is 6. The van der Waals surface area contributed by atoms with Crippen molar-refractivity contribution >= 4 is 28.2 Å². The molecule has 30 heavy (non-hydrogen) atoms. The Morgan fingerprint density at radius 3 is 3.07 bits per heavy atom. The second-order valence-electron chi connectivity index (χ2n) is 7.29. The van der Waals surface area contributed by atoms with Crippen LogP contribution in [-0.4, -0.2) is 43.9 Å². The molecule has 0 bridgehead atoms. The van der Waals surface area contributed by atoms with Gasteiger partial charge in [0, 0.05) is 29.9 Å². The minimum absolute atomic E-state index is 0.136. The summed E-state index contributed by atoms with van der Waals surface area (Å²) in [6.07, 6.45) is 6.09. The summed E-state index contributed by atoms with van der Waals surface area (Å²) in [4.78, 5) is 13.1. The molecule has 1 unspecified atom stereocenters. The Morgan fingerprint density at radius 1 is 1.27 bits per heavy atom. The van der Waals surface area contributed by atoms with Gasteiger partial charge in [0.25, 0.3) is 0 Å². The fourth-order valence-electron chi connectivity index (χ4n) is 3.53. The number of nitrogens with zero attached hydrogens (tertiary/aromatic N) is 5. The summed E-state index contributed by atoms with van der Waals surface area (Å²) in [5, 5.41) is 11.6. The number of fused-ring (bicyclic) bond motifs is 1. The zero-order valence-corrected chi connectivity index (χ0v) is 16.3. The van der Waals surface area contributed by atoms with Crippen molar-refractivity contribution in [3.05, 3.63) is 60.8 Å². The highest BCUT2D eigenvalue weighted by Gasteiger charge is 2.17. The van der Waals surface area contributed by atoms with E-state index >= 15 is 0 Å². The van der Waals surface area contributed by atoms with Crippen LogP contribution in [0.15, 0.2) is 55.2 Å². The molecule has 3 heterocycles. The molecule has 152 valence electrons. The molecule has 5 rings (SSSR count). The maximum atomic E-state index is 6.17. The Hall–Kier alpha value is -3.72. The molecule has 1 saturated heterocycles. The highest BCUT2D eigenvalue weighted by Crippen LogP contribution is 2.29. The molecule has 0 aliphatic carbocycles. The lowest BCUT2D eigenvalue weighted by atomic mass is 10.2. The number of nitrogens with two attached hydrogens (primary N) is 1. The third-order valence-corrected chi connectivity index (χ3v) is 5.01. The normalized spacial score (nSPS) is 16.1. The number of ether oxygens (including phenoxy) is 1. The Balaban J connectivity index is 1.37. The standard InChI is InChI=1S/C21H22N8O/c22-18-7-15-9-25-21(28-19(15)8-20(18)30-17-4-5-23-10-17)27-16-3-1-2-14(6-16)11-29-13-24-12-26-29/h1-3,6-9,12-13,17,23H,4-5,10-11,22H2,(H,25,27,28). The molecular formula is C21H22N8O. The summed E-state index contributed by atoms with van der Waals surface area (Å²) >= 11 is 0. The lowest BCUT2D eigenvalue weighted by Gasteiger charge is -2.15. The zero-order valence-electron chi connectivity index (χ0n) is 16.3.